The topological polar surface area (TPSA) is 85.6 Å². The molecular formula is C9H15N3O3. The molecule has 0 aromatic heterocycles. The number of piperidine rings is 1. The van der Waals surface area contributed by atoms with Crippen LogP contribution in [0.5, 0.6) is 0 Å². The number of likely N-dealkylation sites (N-methyl/N-ethyl adjacent to an activating group) is 1. The van der Waals surface area contributed by atoms with Gasteiger partial charge in [0, 0.05) is 12.6 Å². The minimum absolute atomic E-state index is 0.0393. The molecule has 1 aliphatic rings. The monoisotopic (exact) mass is 213 g/mol. The van der Waals surface area contributed by atoms with Gasteiger partial charge in [-0.1, -0.05) is 0 Å². The molecule has 0 aromatic rings. The van der Waals surface area contributed by atoms with Gasteiger partial charge in [-0.15, -0.1) is 0 Å². The maximum absolute atomic E-state index is 10.2. The van der Waals surface area contributed by atoms with Gasteiger partial charge in [-0.3, -0.25) is 9.74 Å². The molecule has 0 saturated carbocycles. The Balaban J connectivity index is 2.23. The molecule has 0 amide bonds. The Hall–Kier alpha value is -1.16. The summed E-state index contributed by atoms with van der Waals surface area (Å²) in [6.07, 6.45) is 1.60. The Morgan fingerprint density at radius 1 is 1.73 bits per heavy atom. The average Bonchev–Trinajstić information content (AvgIpc) is 2.17. The van der Waals surface area contributed by atoms with E-state index in [2.05, 4.69) is 11.5 Å². The van der Waals surface area contributed by atoms with Gasteiger partial charge in [-0.05, 0) is 19.9 Å². The number of carbonyl (C=O) groups is 1. The number of carboxylic acid groups (broad SMARTS) is 1. The highest BCUT2D eigenvalue weighted by molar-refractivity contribution is 5.67. The Morgan fingerprint density at radius 3 is 3.00 bits per heavy atom. The van der Waals surface area contributed by atoms with Gasteiger partial charge in [0.1, 0.15) is 0 Å². The summed E-state index contributed by atoms with van der Waals surface area (Å²) in [5.74, 6) is -0.999. The normalized spacial score (nSPS) is 27.2. The van der Waals surface area contributed by atoms with Gasteiger partial charge in [0.15, 0.2) is 6.61 Å². The fraction of sp³-hybridized carbons (Fsp3) is 0.778. The third kappa shape index (κ3) is 3.83. The van der Waals surface area contributed by atoms with Crippen LogP contribution in [0.15, 0.2) is 0 Å². The number of rotatable bonds is 4. The van der Waals surface area contributed by atoms with E-state index in [4.69, 9.17) is 15.2 Å². The quantitative estimate of drug-likeness (QED) is 0.617. The Labute approximate surface area is 88.4 Å². The summed E-state index contributed by atoms with van der Waals surface area (Å²) >= 11 is 0. The number of likely N-dealkylation sites (tertiary alicyclic amines) is 1. The summed E-state index contributed by atoms with van der Waals surface area (Å²) in [6, 6.07) is 2.27. The van der Waals surface area contributed by atoms with E-state index in [1.165, 1.54) is 0 Å². The summed E-state index contributed by atoms with van der Waals surface area (Å²) in [4.78, 5) is 16.9. The molecule has 1 rings (SSSR count). The van der Waals surface area contributed by atoms with Crippen molar-refractivity contribution in [1.29, 1.82) is 5.26 Å². The molecular weight excluding hydrogens is 198 g/mol. The summed E-state index contributed by atoms with van der Waals surface area (Å²) in [6.45, 7) is 0.347. The first kappa shape index (κ1) is 11.9. The van der Waals surface area contributed by atoms with Gasteiger partial charge in [0.2, 0.25) is 0 Å². The molecule has 0 aromatic carbocycles. The molecule has 0 bridgehead atoms. The van der Waals surface area contributed by atoms with Crippen LogP contribution in [0.25, 0.3) is 0 Å². The van der Waals surface area contributed by atoms with E-state index in [1.54, 1.807) is 0 Å². The molecule has 1 fully saturated rings. The van der Waals surface area contributed by atoms with Crippen LogP contribution in [-0.4, -0.2) is 48.3 Å². The first-order valence-corrected chi connectivity index (χ1v) is 4.82. The Kier molecular flexibility index (Phi) is 4.49. The van der Waals surface area contributed by atoms with E-state index in [-0.39, 0.29) is 18.7 Å². The van der Waals surface area contributed by atoms with Crippen LogP contribution in [0.2, 0.25) is 0 Å². The number of aliphatic carboxylic acids is 1. The molecule has 0 radical (unpaired) electrons. The lowest BCUT2D eigenvalue weighted by atomic mass is 10.0. The molecule has 1 heterocycles. The van der Waals surface area contributed by atoms with E-state index in [1.807, 2.05) is 11.9 Å². The zero-order valence-corrected chi connectivity index (χ0v) is 8.64. The second-order valence-corrected chi connectivity index (χ2v) is 3.66. The van der Waals surface area contributed by atoms with Crippen LogP contribution in [0.1, 0.15) is 12.8 Å². The van der Waals surface area contributed by atoms with Crippen molar-refractivity contribution in [2.24, 2.45) is 0 Å². The SMILES string of the molecule is CN1CC(NOCC(=O)O)CC[C@H]1C#N. The number of hydroxylamine groups is 1. The first-order chi connectivity index (χ1) is 7.13. The van der Waals surface area contributed by atoms with E-state index < -0.39 is 5.97 Å². The van der Waals surface area contributed by atoms with Gasteiger partial charge in [-0.25, -0.2) is 4.79 Å². The fourth-order valence-electron chi connectivity index (χ4n) is 1.63. The number of nitrogens with zero attached hydrogens (tertiary/aromatic N) is 2. The van der Waals surface area contributed by atoms with Gasteiger partial charge < -0.3 is 5.11 Å². The molecule has 15 heavy (non-hydrogen) atoms. The zero-order valence-electron chi connectivity index (χ0n) is 8.64. The van der Waals surface area contributed by atoms with E-state index in [0.29, 0.717) is 6.54 Å². The molecule has 6 heteroatoms. The Morgan fingerprint density at radius 2 is 2.47 bits per heavy atom. The smallest absolute Gasteiger partial charge is 0.331 e. The lowest BCUT2D eigenvalue weighted by Crippen LogP contribution is -2.48. The largest absolute Gasteiger partial charge is 0.479 e. The standard InChI is InChI=1S/C9H15N3O3/c1-12-5-7(2-3-8(12)4-10)11-15-6-9(13)14/h7-8,11H,2-3,5-6H2,1H3,(H,13,14)/t7?,8-/m0/s1. The number of hydrogen-bond donors (Lipinski definition) is 2. The van der Waals surface area contributed by atoms with Crippen molar-refractivity contribution < 1.29 is 14.7 Å². The second kappa shape index (κ2) is 5.66. The second-order valence-electron chi connectivity index (χ2n) is 3.66. The van der Waals surface area contributed by atoms with E-state index >= 15 is 0 Å². The van der Waals surface area contributed by atoms with Crippen LogP contribution in [0, 0.1) is 11.3 Å². The van der Waals surface area contributed by atoms with Crippen LogP contribution in [0.4, 0.5) is 0 Å². The number of hydrogen-bond acceptors (Lipinski definition) is 5. The molecule has 1 saturated heterocycles. The summed E-state index contributed by atoms with van der Waals surface area (Å²) in [5, 5.41) is 17.1. The molecule has 0 aliphatic carbocycles. The average molecular weight is 213 g/mol. The summed E-state index contributed by atoms with van der Waals surface area (Å²) in [5.41, 5.74) is 2.70. The lowest BCUT2D eigenvalue weighted by Gasteiger charge is -2.33. The summed E-state index contributed by atoms with van der Waals surface area (Å²) < 4.78 is 0. The lowest BCUT2D eigenvalue weighted by molar-refractivity contribution is -0.146. The maximum atomic E-state index is 10.2. The third-order valence-corrected chi connectivity index (χ3v) is 2.42. The van der Waals surface area contributed by atoms with Crippen molar-refractivity contribution in [3.8, 4) is 6.07 Å². The van der Waals surface area contributed by atoms with Gasteiger partial charge in [0.05, 0.1) is 12.1 Å². The van der Waals surface area contributed by atoms with E-state index in [0.717, 1.165) is 12.8 Å². The highest BCUT2D eigenvalue weighted by Gasteiger charge is 2.25. The van der Waals surface area contributed by atoms with Crippen molar-refractivity contribution in [2.75, 3.05) is 20.2 Å². The van der Waals surface area contributed by atoms with Crippen molar-refractivity contribution in [1.82, 2.24) is 10.4 Å². The van der Waals surface area contributed by atoms with Crippen molar-refractivity contribution >= 4 is 5.97 Å². The predicted octanol–water partition coefficient (Wildman–Crippen LogP) is -0.421. The number of nitrogens with one attached hydrogen (secondary N) is 1. The van der Waals surface area contributed by atoms with Crippen LogP contribution < -0.4 is 5.48 Å². The third-order valence-electron chi connectivity index (χ3n) is 2.42. The van der Waals surface area contributed by atoms with Crippen LogP contribution in [-0.2, 0) is 9.63 Å². The molecule has 6 nitrogen and oxygen atoms in total. The highest BCUT2D eigenvalue weighted by atomic mass is 16.7. The van der Waals surface area contributed by atoms with Crippen molar-refractivity contribution in [2.45, 2.75) is 24.9 Å². The molecule has 1 unspecified atom stereocenters. The van der Waals surface area contributed by atoms with Gasteiger partial charge in [0.25, 0.3) is 0 Å². The van der Waals surface area contributed by atoms with Crippen LogP contribution in [0.3, 0.4) is 0 Å². The molecule has 0 spiro atoms. The Bertz CT molecular complexity index is 264. The minimum atomic E-state index is -0.999. The van der Waals surface area contributed by atoms with Gasteiger partial charge in [-0.2, -0.15) is 10.7 Å². The fourth-order valence-corrected chi connectivity index (χ4v) is 1.63. The van der Waals surface area contributed by atoms with E-state index in [9.17, 15) is 4.79 Å². The summed E-state index contributed by atoms with van der Waals surface area (Å²) in [7, 11) is 1.87. The van der Waals surface area contributed by atoms with Crippen molar-refractivity contribution in [3.05, 3.63) is 0 Å². The van der Waals surface area contributed by atoms with Gasteiger partial charge >= 0.3 is 5.97 Å². The number of carboxylic acids is 1. The highest BCUT2D eigenvalue weighted by Crippen LogP contribution is 2.14. The predicted molar refractivity (Wildman–Crippen MR) is 51.8 cm³/mol. The maximum Gasteiger partial charge on any atom is 0.331 e. The molecule has 1 aliphatic heterocycles. The van der Waals surface area contributed by atoms with Crippen LogP contribution >= 0.6 is 0 Å². The molecule has 84 valence electrons. The zero-order chi connectivity index (χ0) is 11.3. The molecule has 2 N–H and O–H groups in total. The number of nitriles is 1. The molecule has 2 atom stereocenters. The first-order valence-electron chi connectivity index (χ1n) is 4.82. The minimum Gasteiger partial charge on any atom is -0.479 e. The van der Waals surface area contributed by atoms with Crippen molar-refractivity contribution in [3.63, 3.8) is 0 Å².